The fourth-order valence-electron chi connectivity index (χ4n) is 4.09. The standard InChI is InChI=1S/C18H23F3/c19-16-11-14-10-13(7-6-12-4-2-1-3-5-12)8-9-15(14)17(20)18(16)21/h11-13H,1-10H2. The summed E-state index contributed by atoms with van der Waals surface area (Å²) < 4.78 is 40.3. The van der Waals surface area contributed by atoms with Crippen LogP contribution in [0.2, 0.25) is 0 Å². The topological polar surface area (TPSA) is 0 Å². The normalized spacial score (nSPS) is 23.1. The molecule has 0 aliphatic heterocycles. The van der Waals surface area contributed by atoms with E-state index < -0.39 is 17.5 Å². The first-order valence-corrected chi connectivity index (χ1v) is 8.30. The molecule has 0 spiro atoms. The third-order valence-electron chi connectivity index (χ3n) is 5.37. The van der Waals surface area contributed by atoms with Crippen LogP contribution in [0.1, 0.15) is 62.5 Å². The van der Waals surface area contributed by atoms with Crippen LogP contribution in [-0.4, -0.2) is 0 Å². The van der Waals surface area contributed by atoms with Crippen molar-refractivity contribution in [3.8, 4) is 0 Å². The van der Waals surface area contributed by atoms with E-state index in [0.29, 0.717) is 29.9 Å². The number of halogens is 3. The second kappa shape index (κ2) is 6.41. The van der Waals surface area contributed by atoms with Crippen LogP contribution in [0.15, 0.2) is 6.07 Å². The summed E-state index contributed by atoms with van der Waals surface area (Å²) >= 11 is 0. The average molecular weight is 296 g/mol. The molecule has 2 aliphatic carbocycles. The Balaban J connectivity index is 1.62. The SMILES string of the molecule is Fc1cc2c(c(F)c1F)CCC(CCC1CCCCC1)C2. The molecule has 1 unspecified atom stereocenters. The van der Waals surface area contributed by atoms with Crippen molar-refractivity contribution in [1.29, 1.82) is 0 Å². The van der Waals surface area contributed by atoms with Gasteiger partial charge in [0, 0.05) is 0 Å². The van der Waals surface area contributed by atoms with E-state index in [1.807, 2.05) is 0 Å². The van der Waals surface area contributed by atoms with Crippen molar-refractivity contribution in [2.24, 2.45) is 11.8 Å². The summed E-state index contributed by atoms with van der Waals surface area (Å²) in [6.07, 6.45) is 11.3. The highest BCUT2D eigenvalue weighted by Gasteiger charge is 2.26. The molecule has 21 heavy (non-hydrogen) atoms. The summed E-state index contributed by atoms with van der Waals surface area (Å²) in [4.78, 5) is 0. The van der Waals surface area contributed by atoms with E-state index in [1.165, 1.54) is 44.6 Å². The zero-order valence-electron chi connectivity index (χ0n) is 12.4. The third kappa shape index (κ3) is 3.27. The highest BCUT2D eigenvalue weighted by Crippen LogP contribution is 2.35. The lowest BCUT2D eigenvalue weighted by Crippen LogP contribution is -2.18. The minimum Gasteiger partial charge on any atom is -0.204 e. The maximum absolute atomic E-state index is 13.7. The van der Waals surface area contributed by atoms with Gasteiger partial charge in [-0.15, -0.1) is 0 Å². The van der Waals surface area contributed by atoms with Crippen LogP contribution >= 0.6 is 0 Å². The lowest BCUT2D eigenvalue weighted by atomic mass is 9.78. The van der Waals surface area contributed by atoms with Crippen molar-refractivity contribution in [1.82, 2.24) is 0 Å². The van der Waals surface area contributed by atoms with Gasteiger partial charge in [-0.25, -0.2) is 13.2 Å². The van der Waals surface area contributed by atoms with Gasteiger partial charge in [0.1, 0.15) is 0 Å². The number of fused-ring (bicyclic) bond motifs is 1. The zero-order valence-corrected chi connectivity index (χ0v) is 12.4. The monoisotopic (exact) mass is 296 g/mol. The van der Waals surface area contributed by atoms with Crippen LogP contribution in [0.5, 0.6) is 0 Å². The van der Waals surface area contributed by atoms with Crippen molar-refractivity contribution in [3.05, 3.63) is 34.6 Å². The van der Waals surface area contributed by atoms with Crippen LogP contribution < -0.4 is 0 Å². The molecule has 0 saturated heterocycles. The fourth-order valence-corrected chi connectivity index (χ4v) is 4.09. The number of benzene rings is 1. The molecule has 0 aromatic heterocycles. The molecule has 0 radical (unpaired) electrons. The molecule has 1 aromatic rings. The Morgan fingerprint density at radius 1 is 0.857 bits per heavy atom. The number of hydrogen-bond donors (Lipinski definition) is 0. The Hall–Kier alpha value is -0.990. The van der Waals surface area contributed by atoms with Crippen molar-refractivity contribution in [3.63, 3.8) is 0 Å². The van der Waals surface area contributed by atoms with Gasteiger partial charge in [0.15, 0.2) is 17.5 Å². The Morgan fingerprint density at radius 2 is 1.57 bits per heavy atom. The van der Waals surface area contributed by atoms with Gasteiger partial charge in [-0.05, 0) is 54.7 Å². The molecular formula is C18H23F3. The molecule has 3 rings (SSSR count). The first-order chi connectivity index (χ1) is 10.1. The summed E-state index contributed by atoms with van der Waals surface area (Å²) in [7, 11) is 0. The first-order valence-electron chi connectivity index (χ1n) is 8.30. The van der Waals surface area contributed by atoms with Gasteiger partial charge < -0.3 is 0 Å². The predicted octanol–water partition coefficient (Wildman–Crippen LogP) is 5.57. The molecular weight excluding hydrogens is 273 g/mol. The molecule has 0 heterocycles. The first kappa shape index (κ1) is 14.9. The van der Waals surface area contributed by atoms with E-state index in [1.54, 1.807) is 0 Å². The van der Waals surface area contributed by atoms with E-state index in [-0.39, 0.29) is 0 Å². The molecule has 1 saturated carbocycles. The molecule has 116 valence electrons. The van der Waals surface area contributed by atoms with Gasteiger partial charge in [-0.1, -0.05) is 38.5 Å². The average Bonchev–Trinajstić information content (AvgIpc) is 2.51. The summed E-state index contributed by atoms with van der Waals surface area (Å²) in [6, 6.07) is 1.21. The Morgan fingerprint density at radius 3 is 2.33 bits per heavy atom. The van der Waals surface area contributed by atoms with Crippen molar-refractivity contribution >= 4 is 0 Å². The van der Waals surface area contributed by atoms with E-state index in [4.69, 9.17) is 0 Å². The molecule has 3 heteroatoms. The molecule has 1 aromatic carbocycles. The lowest BCUT2D eigenvalue weighted by Gasteiger charge is -2.28. The molecule has 1 fully saturated rings. The molecule has 0 nitrogen and oxygen atoms in total. The van der Waals surface area contributed by atoms with Crippen LogP contribution in [0, 0.1) is 29.3 Å². The summed E-state index contributed by atoms with van der Waals surface area (Å²) in [6.45, 7) is 0. The van der Waals surface area contributed by atoms with Gasteiger partial charge in [0.05, 0.1) is 0 Å². The van der Waals surface area contributed by atoms with Crippen LogP contribution in [0.3, 0.4) is 0 Å². The minimum absolute atomic E-state index is 0.405. The van der Waals surface area contributed by atoms with Crippen LogP contribution in [0.4, 0.5) is 13.2 Å². The second-order valence-electron chi connectivity index (χ2n) is 6.81. The van der Waals surface area contributed by atoms with Crippen molar-refractivity contribution < 1.29 is 13.2 Å². The van der Waals surface area contributed by atoms with E-state index in [2.05, 4.69) is 0 Å². The highest BCUT2D eigenvalue weighted by atomic mass is 19.2. The number of rotatable bonds is 3. The maximum Gasteiger partial charge on any atom is 0.194 e. The minimum atomic E-state index is -1.31. The summed E-state index contributed by atoms with van der Waals surface area (Å²) in [5.41, 5.74) is 1.09. The quantitative estimate of drug-likeness (QED) is 0.640. The Labute approximate surface area is 124 Å². The maximum atomic E-state index is 13.7. The van der Waals surface area contributed by atoms with Crippen molar-refractivity contribution in [2.45, 2.75) is 64.2 Å². The van der Waals surface area contributed by atoms with Crippen molar-refractivity contribution in [2.75, 3.05) is 0 Å². The van der Waals surface area contributed by atoms with E-state index in [0.717, 1.165) is 18.8 Å². The molecule has 2 aliphatic rings. The largest absolute Gasteiger partial charge is 0.204 e. The fraction of sp³-hybridized carbons (Fsp3) is 0.667. The van der Waals surface area contributed by atoms with Crippen LogP contribution in [-0.2, 0) is 12.8 Å². The Bertz CT molecular complexity index is 504. The zero-order chi connectivity index (χ0) is 14.8. The van der Waals surface area contributed by atoms with Gasteiger partial charge in [0.2, 0.25) is 0 Å². The van der Waals surface area contributed by atoms with Gasteiger partial charge >= 0.3 is 0 Å². The molecule has 0 amide bonds. The highest BCUT2D eigenvalue weighted by molar-refractivity contribution is 5.33. The van der Waals surface area contributed by atoms with E-state index >= 15 is 0 Å². The smallest absolute Gasteiger partial charge is 0.194 e. The third-order valence-corrected chi connectivity index (χ3v) is 5.37. The summed E-state index contributed by atoms with van der Waals surface area (Å²) in [5, 5.41) is 0. The molecule has 1 atom stereocenters. The van der Waals surface area contributed by atoms with E-state index in [9.17, 15) is 13.2 Å². The Kier molecular flexibility index (Phi) is 4.56. The predicted molar refractivity (Wildman–Crippen MR) is 77.6 cm³/mol. The molecule has 0 bridgehead atoms. The van der Waals surface area contributed by atoms with Gasteiger partial charge in [0.25, 0.3) is 0 Å². The molecule has 0 N–H and O–H groups in total. The van der Waals surface area contributed by atoms with Gasteiger partial charge in [-0.2, -0.15) is 0 Å². The van der Waals surface area contributed by atoms with Crippen LogP contribution in [0.25, 0.3) is 0 Å². The summed E-state index contributed by atoms with van der Waals surface area (Å²) in [5.74, 6) is -1.96. The van der Waals surface area contributed by atoms with Gasteiger partial charge in [-0.3, -0.25) is 0 Å². The lowest BCUT2D eigenvalue weighted by molar-refractivity contribution is 0.295. The number of hydrogen-bond acceptors (Lipinski definition) is 0. The second-order valence-corrected chi connectivity index (χ2v) is 6.81.